The van der Waals surface area contributed by atoms with E-state index in [0.29, 0.717) is 17.9 Å². The highest BCUT2D eigenvalue weighted by Crippen LogP contribution is 2.14. The molecule has 2 atom stereocenters. The average Bonchev–Trinajstić information content (AvgIpc) is 3.10. The lowest BCUT2D eigenvalue weighted by atomic mass is 10.0. The zero-order valence-electron chi connectivity index (χ0n) is 14.4. The molecule has 0 aliphatic carbocycles. The third kappa shape index (κ3) is 4.96. The van der Waals surface area contributed by atoms with E-state index in [4.69, 9.17) is 14.2 Å². The molecule has 6 heteroatoms. The molecule has 2 rings (SSSR count). The molecule has 1 saturated heterocycles. The van der Waals surface area contributed by atoms with E-state index in [2.05, 4.69) is 5.32 Å². The number of carbonyl (C=O) groups is 2. The van der Waals surface area contributed by atoms with Crippen LogP contribution in [0.25, 0.3) is 0 Å². The number of benzene rings is 1. The molecule has 6 nitrogen and oxygen atoms in total. The van der Waals surface area contributed by atoms with Gasteiger partial charge in [-0.1, -0.05) is 13.8 Å². The van der Waals surface area contributed by atoms with Crippen LogP contribution in [0, 0.1) is 5.92 Å². The molecule has 0 spiro atoms. The Balaban J connectivity index is 1.93. The number of methoxy groups -OCH3 is 1. The maximum absolute atomic E-state index is 12.3. The van der Waals surface area contributed by atoms with E-state index in [1.807, 2.05) is 13.8 Å². The molecule has 0 unspecified atom stereocenters. The van der Waals surface area contributed by atoms with E-state index < -0.39 is 12.0 Å². The fourth-order valence-electron chi connectivity index (χ4n) is 2.51. The summed E-state index contributed by atoms with van der Waals surface area (Å²) in [6, 6.07) is 6.03. The van der Waals surface area contributed by atoms with Gasteiger partial charge in [0.05, 0.1) is 13.2 Å². The average molecular weight is 335 g/mol. The van der Waals surface area contributed by atoms with Gasteiger partial charge in [0, 0.05) is 12.2 Å². The topological polar surface area (TPSA) is 73.9 Å². The molecule has 0 aromatic heterocycles. The number of esters is 1. The first-order valence-corrected chi connectivity index (χ1v) is 8.24. The van der Waals surface area contributed by atoms with E-state index in [0.717, 1.165) is 12.8 Å². The molecule has 1 heterocycles. The summed E-state index contributed by atoms with van der Waals surface area (Å²) < 4.78 is 15.8. The van der Waals surface area contributed by atoms with Gasteiger partial charge in [-0.05, 0) is 43.0 Å². The Labute approximate surface area is 142 Å². The van der Waals surface area contributed by atoms with Crippen molar-refractivity contribution in [2.24, 2.45) is 5.92 Å². The molecule has 0 radical (unpaired) electrons. The summed E-state index contributed by atoms with van der Waals surface area (Å²) in [6.07, 6.45) is 1.86. The van der Waals surface area contributed by atoms with E-state index in [9.17, 15) is 9.59 Å². The van der Waals surface area contributed by atoms with Gasteiger partial charge in [-0.2, -0.15) is 0 Å². The normalized spacial score (nSPS) is 18.2. The molecular formula is C18H25NO5. The fraction of sp³-hybridized carbons (Fsp3) is 0.556. The van der Waals surface area contributed by atoms with Gasteiger partial charge < -0.3 is 19.5 Å². The molecular weight excluding hydrogens is 310 g/mol. The predicted octanol–water partition coefficient (Wildman–Crippen LogP) is 2.17. The van der Waals surface area contributed by atoms with Crippen LogP contribution in [-0.4, -0.2) is 44.3 Å². The minimum absolute atomic E-state index is 0.0287. The second kappa shape index (κ2) is 8.68. The van der Waals surface area contributed by atoms with Gasteiger partial charge in [-0.3, -0.25) is 4.79 Å². The predicted molar refractivity (Wildman–Crippen MR) is 89.0 cm³/mol. The number of hydrogen-bond donors (Lipinski definition) is 1. The first-order valence-electron chi connectivity index (χ1n) is 8.24. The van der Waals surface area contributed by atoms with Gasteiger partial charge in [0.15, 0.2) is 0 Å². The third-order valence-electron chi connectivity index (χ3n) is 3.99. The second-order valence-corrected chi connectivity index (χ2v) is 6.19. The largest absolute Gasteiger partial charge is 0.497 e. The Morgan fingerprint density at radius 2 is 2.00 bits per heavy atom. The summed E-state index contributed by atoms with van der Waals surface area (Å²) in [7, 11) is 1.56. The highest BCUT2D eigenvalue weighted by molar-refractivity contribution is 5.96. The lowest BCUT2D eigenvalue weighted by Gasteiger charge is -2.22. The van der Waals surface area contributed by atoms with Crippen molar-refractivity contribution in [2.45, 2.75) is 38.8 Å². The van der Waals surface area contributed by atoms with Crippen molar-refractivity contribution in [1.29, 1.82) is 0 Å². The number of hydrogen-bond acceptors (Lipinski definition) is 5. The Hall–Kier alpha value is -2.08. The minimum Gasteiger partial charge on any atom is -0.497 e. The van der Waals surface area contributed by atoms with Crippen LogP contribution in [0.15, 0.2) is 24.3 Å². The quantitative estimate of drug-likeness (QED) is 0.773. The van der Waals surface area contributed by atoms with Crippen molar-refractivity contribution < 1.29 is 23.8 Å². The van der Waals surface area contributed by atoms with Crippen molar-refractivity contribution in [2.75, 3.05) is 20.3 Å². The molecule has 1 N–H and O–H groups in total. The number of rotatable bonds is 7. The molecule has 0 bridgehead atoms. The molecule has 1 aliphatic heterocycles. The summed E-state index contributed by atoms with van der Waals surface area (Å²) in [5.41, 5.74) is 0.466. The van der Waals surface area contributed by atoms with Crippen LogP contribution >= 0.6 is 0 Å². The molecule has 0 saturated carbocycles. The maximum atomic E-state index is 12.3. The zero-order chi connectivity index (χ0) is 17.5. The van der Waals surface area contributed by atoms with Crippen LogP contribution in [0.4, 0.5) is 0 Å². The van der Waals surface area contributed by atoms with Crippen LogP contribution in [0.1, 0.15) is 37.0 Å². The minimum atomic E-state index is -0.694. The van der Waals surface area contributed by atoms with Gasteiger partial charge in [0.2, 0.25) is 0 Å². The van der Waals surface area contributed by atoms with Gasteiger partial charge in [-0.15, -0.1) is 0 Å². The molecule has 24 heavy (non-hydrogen) atoms. The van der Waals surface area contributed by atoms with Gasteiger partial charge >= 0.3 is 5.97 Å². The summed E-state index contributed by atoms with van der Waals surface area (Å²) >= 11 is 0. The van der Waals surface area contributed by atoms with Crippen molar-refractivity contribution in [3.8, 4) is 5.75 Å². The Morgan fingerprint density at radius 1 is 1.29 bits per heavy atom. The van der Waals surface area contributed by atoms with Crippen molar-refractivity contribution >= 4 is 11.9 Å². The van der Waals surface area contributed by atoms with Gasteiger partial charge in [0.1, 0.15) is 18.4 Å². The Bertz CT molecular complexity index is 549. The molecule has 1 aromatic rings. The zero-order valence-corrected chi connectivity index (χ0v) is 14.4. The van der Waals surface area contributed by atoms with E-state index in [-0.39, 0.29) is 24.5 Å². The highest BCUT2D eigenvalue weighted by atomic mass is 16.6. The molecule has 1 aliphatic rings. The van der Waals surface area contributed by atoms with E-state index in [1.165, 1.54) is 0 Å². The summed E-state index contributed by atoms with van der Waals surface area (Å²) in [5, 5.41) is 2.75. The highest BCUT2D eigenvalue weighted by Gasteiger charge is 2.27. The fourth-order valence-corrected chi connectivity index (χ4v) is 2.51. The number of nitrogens with one attached hydrogen (secondary N) is 1. The SMILES string of the molecule is COc1ccc(C(=O)N[C@H](C(=O)OC[C@@H]2CCCO2)C(C)C)cc1. The van der Waals surface area contributed by atoms with E-state index >= 15 is 0 Å². The first-order chi connectivity index (χ1) is 11.5. The number of amides is 1. The Kier molecular flexibility index (Phi) is 6.61. The van der Waals surface area contributed by atoms with Crippen molar-refractivity contribution in [3.63, 3.8) is 0 Å². The van der Waals surface area contributed by atoms with Crippen LogP contribution in [0.3, 0.4) is 0 Å². The summed E-state index contributed by atoms with van der Waals surface area (Å²) in [5.74, 6) is -0.153. The molecule has 1 amide bonds. The standard InChI is InChI=1S/C18H25NO5/c1-12(2)16(18(21)24-11-15-5-4-10-23-15)19-17(20)13-6-8-14(22-3)9-7-13/h6-9,12,15-16H,4-5,10-11H2,1-3H3,(H,19,20)/t15-,16-/m0/s1. The van der Waals surface area contributed by atoms with Crippen LogP contribution in [-0.2, 0) is 14.3 Å². The van der Waals surface area contributed by atoms with Crippen LogP contribution in [0.5, 0.6) is 5.75 Å². The number of carbonyl (C=O) groups excluding carboxylic acids is 2. The van der Waals surface area contributed by atoms with Gasteiger partial charge in [-0.25, -0.2) is 4.79 Å². The summed E-state index contributed by atoms with van der Waals surface area (Å²) in [4.78, 5) is 24.6. The molecule has 132 valence electrons. The van der Waals surface area contributed by atoms with Crippen LogP contribution in [0.2, 0.25) is 0 Å². The molecule has 1 aromatic carbocycles. The molecule has 1 fully saturated rings. The van der Waals surface area contributed by atoms with E-state index in [1.54, 1.807) is 31.4 Å². The van der Waals surface area contributed by atoms with Gasteiger partial charge in [0.25, 0.3) is 5.91 Å². The van der Waals surface area contributed by atoms with Crippen molar-refractivity contribution in [1.82, 2.24) is 5.32 Å². The monoisotopic (exact) mass is 335 g/mol. The number of ether oxygens (including phenoxy) is 3. The Morgan fingerprint density at radius 3 is 2.54 bits per heavy atom. The first kappa shape index (κ1) is 18.3. The van der Waals surface area contributed by atoms with Crippen molar-refractivity contribution in [3.05, 3.63) is 29.8 Å². The smallest absolute Gasteiger partial charge is 0.329 e. The second-order valence-electron chi connectivity index (χ2n) is 6.19. The van der Waals surface area contributed by atoms with Crippen LogP contribution < -0.4 is 10.1 Å². The lowest BCUT2D eigenvalue weighted by Crippen LogP contribution is -2.45. The maximum Gasteiger partial charge on any atom is 0.329 e. The summed E-state index contributed by atoms with van der Waals surface area (Å²) in [6.45, 7) is 4.68. The third-order valence-corrected chi connectivity index (χ3v) is 3.99. The lowest BCUT2D eigenvalue weighted by molar-refractivity contribution is -0.150.